The van der Waals surface area contributed by atoms with Gasteiger partial charge < -0.3 is 9.23 Å². The van der Waals surface area contributed by atoms with Gasteiger partial charge in [0, 0.05) is 38.7 Å². The van der Waals surface area contributed by atoms with Crippen LogP contribution < -0.4 is 20.8 Å². The van der Waals surface area contributed by atoms with Crippen molar-refractivity contribution >= 4 is 35.2 Å². The fourth-order valence-corrected chi connectivity index (χ4v) is 4.37. The molecule has 3 aromatic heterocycles. The summed E-state index contributed by atoms with van der Waals surface area (Å²) >= 11 is 0. The highest BCUT2D eigenvalue weighted by Crippen LogP contribution is 2.22. The molecule has 5 rings (SSSR count). The van der Waals surface area contributed by atoms with Crippen LogP contribution in [0.3, 0.4) is 0 Å². The molecule has 29 heavy (non-hydrogen) atoms. The van der Waals surface area contributed by atoms with Gasteiger partial charge in [-0.25, -0.2) is 9.55 Å². The van der Waals surface area contributed by atoms with E-state index in [0.29, 0.717) is 11.3 Å². The van der Waals surface area contributed by atoms with Gasteiger partial charge in [-0.3, -0.25) is 0 Å². The molecule has 142 valence electrons. The molecule has 0 unspecified atom stereocenters. The number of hydrogen-bond donors (Lipinski definition) is 0. The molecule has 0 amide bonds. The molecule has 1 aliphatic rings. The second-order valence-corrected chi connectivity index (χ2v) is 7.58. The van der Waals surface area contributed by atoms with E-state index >= 15 is 0 Å². The third-order valence-corrected chi connectivity index (χ3v) is 5.70. The van der Waals surface area contributed by atoms with Gasteiger partial charge in [0.2, 0.25) is 5.71 Å². The highest BCUT2D eigenvalue weighted by atomic mass is 16.3. The summed E-state index contributed by atoms with van der Waals surface area (Å²) in [5, 5.41) is 2.04. The maximum atomic E-state index is 8.10. The van der Waals surface area contributed by atoms with Gasteiger partial charge in [-0.1, -0.05) is 35.8 Å². The summed E-state index contributed by atoms with van der Waals surface area (Å²) in [6, 6.07) is 15.7. The predicted octanol–water partition coefficient (Wildman–Crippen LogP) is 1.92. The molecule has 0 saturated carbocycles. The molecule has 0 aliphatic carbocycles. The van der Waals surface area contributed by atoms with E-state index in [-0.39, 0.29) is 6.85 Å². The van der Waals surface area contributed by atoms with Crippen molar-refractivity contribution in [2.45, 2.75) is 13.8 Å². The number of nitrogens with zero attached hydrogens (tertiary/aromatic N) is 3. The first kappa shape index (κ1) is 14.6. The fraction of sp³-hybridized carbons (Fsp3) is 0.167. The highest BCUT2D eigenvalue weighted by Gasteiger charge is 2.36. The van der Waals surface area contributed by atoms with Crippen molar-refractivity contribution in [2.75, 3.05) is 7.05 Å². The van der Waals surface area contributed by atoms with Gasteiger partial charge in [0.1, 0.15) is 7.05 Å². The van der Waals surface area contributed by atoms with Crippen molar-refractivity contribution in [1.82, 2.24) is 9.79 Å². The number of rotatable bonds is 2. The van der Waals surface area contributed by atoms with Crippen LogP contribution in [0.25, 0.3) is 33.9 Å². The average Bonchev–Trinajstić information content (AvgIpc) is 3.12. The molecule has 0 fully saturated rings. The van der Waals surface area contributed by atoms with Crippen LogP contribution in [-0.4, -0.2) is 23.7 Å². The monoisotopic (exact) mass is 383 g/mol. The van der Waals surface area contributed by atoms with E-state index in [1.807, 2.05) is 73.4 Å². The van der Waals surface area contributed by atoms with Crippen LogP contribution in [0.15, 0.2) is 65.3 Å². The molecule has 4 aromatic rings. The van der Waals surface area contributed by atoms with Crippen LogP contribution in [0.1, 0.15) is 16.6 Å². The number of furan rings is 1. The Hall–Kier alpha value is -3.34. The summed E-state index contributed by atoms with van der Waals surface area (Å²) in [5.41, 5.74) is 5.50. The first-order chi connectivity index (χ1) is 15.3. The SMILES string of the molecule is [2H]C([2H])([2H])c1c[n+](C)c(B2C(C)=c3c(oc4ncccc34)=CN2C)cc1-c1ccccc1. The molecule has 0 saturated heterocycles. The van der Waals surface area contributed by atoms with Crippen molar-refractivity contribution in [1.29, 1.82) is 0 Å². The minimum atomic E-state index is -2.22. The fourth-order valence-electron chi connectivity index (χ4n) is 4.37. The first-order valence-corrected chi connectivity index (χ1v) is 9.63. The highest BCUT2D eigenvalue weighted by molar-refractivity contribution is 6.85. The van der Waals surface area contributed by atoms with Crippen molar-refractivity contribution in [3.05, 3.63) is 77.1 Å². The van der Waals surface area contributed by atoms with Gasteiger partial charge in [-0.05, 0) is 44.1 Å². The van der Waals surface area contributed by atoms with Gasteiger partial charge in [0.05, 0.1) is 0 Å². The minimum absolute atomic E-state index is 0.0818. The average molecular weight is 383 g/mol. The Morgan fingerprint density at radius 3 is 2.79 bits per heavy atom. The molecule has 4 heterocycles. The number of hydrogen-bond acceptors (Lipinski definition) is 3. The zero-order valence-electron chi connectivity index (χ0n) is 19.7. The van der Waals surface area contributed by atoms with Gasteiger partial charge >= 0.3 is 6.85 Å². The second kappa shape index (κ2) is 6.62. The molecule has 0 spiro atoms. The lowest BCUT2D eigenvalue weighted by molar-refractivity contribution is -0.654. The lowest BCUT2D eigenvalue weighted by Gasteiger charge is -2.25. The maximum Gasteiger partial charge on any atom is 0.399 e. The third-order valence-electron chi connectivity index (χ3n) is 5.70. The number of pyridine rings is 2. The van der Waals surface area contributed by atoms with Gasteiger partial charge in [0.25, 0.3) is 0 Å². The zero-order valence-corrected chi connectivity index (χ0v) is 16.7. The summed E-state index contributed by atoms with van der Waals surface area (Å²) < 4.78 is 32.2. The number of aromatic nitrogens is 2. The number of aryl methyl sites for hydroxylation is 2. The summed E-state index contributed by atoms with van der Waals surface area (Å²) in [6.45, 7) is -0.194. The van der Waals surface area contributed by atoms with E-state index in [9.17, 15) is 0 Å². The molecule has 1 aliphatic heterocycles. The predicted molar refractivity (Wildman–Crippen MR) is 118 cm³/mol. The largest absolute Gasteiger partial charge is 0.436 e. The lowest BCUT2D eigenvalue weighted by atomic mass is 9.49. The van der Waals surface area contributed by atoms with Crippen LogP contribution in [0.5, 0.6) is 0 Å². The molecule has 5 heteroatoms. The van der Waals surface area contributed by atoms with Gasteiger partial charge in [0.15, 0.2) is 17.2 Å². The topological polar surface area (TPSA) is 33.1 Å². The van der Waals surface area contributed by atoms with Crippen molar-refractivity contribution < 1.29 is 13.1 Å². The molecular formula is C24H23BN3O+. The van der Waals surface area contributed by atoms with Gasteiger partial charge in [-0.2, -0.15) is 0 Å². The van der Waals surface area contributed by atoms with E-state index in [0.717, 1.165) is 38.2 Å². The number of fused-ring (bicyclic) bond motifs is 3. The molecule has 0 radical (unpaired) electrons. The Morgan fingerprint density at radius 1 is 1.17 bits per heavy atom. The summed E-state index contributed by atoms with van der Waals surface area (Å²) in [4.78, 5) is 6.48. The van der Waals surface area contributed by atoms with Crippen LogP contribution in [0.2, 0.25) is 0 Å². The van der Waals surface area contributed by atoms with Crippen LogP contribution in [-0.2, 0) is 7.05 Å². The molecule has 0 N–H and O–H groups in total. The first-order valence-electron chi connectivity index (χ1n) is 11.1. The number of benzene rings is 1. The summed E-state index contributed by atoms with van der Waals surface area (Å²) in [7, 11) is 3.92. The zero-order chi connectivity index (χ0) is 22.6. The Bertz CT molecular complexity index is 1460. The Morgan fingerprint density at radius 2 is 2.00 bits per heavy atom. The van der Waals surface area contributed by atoms with Crippen LogP contribution in [0, 0.1) is 6.85 Å². The lowest BCUT2D eigenvalue weighted by Crippen LogP contribution is -2.62. The van der Waals surface area contributed by atoms with E-state index in [4.69, 9.17) is 8.53 Å². The molecule has 1 aromatic carbocycles. The minimum Gasteiger partial charge on any atom is -0.436 e. The van der Waals surface area contributed by atoms with E-state index in [1.54, 1.807) is 12.4 Å². The smallest absolute Gasteiger partial charge is 0.399 e. The van der Waals surface area contributed by atoms with Crippen LogP contribution >= 0.6 is 0 Å². The molecule has 0 atom stereocenters. The quantitative estimate of drug-likeness (QED) is 0.392. The van der Waals surface area contributed by atoms with Crippen LogP contribution in [0.4, 0.5) is 0 Å². The van der Waals surface area contributed by atoms with E-state index in [2.05, 4.69) is 16.7 Å². The maximum absolute atomic E-state index is 8.10. The molecular weight excluding hydrogens is 357 g/mol. The summed E-state index contributed by atoms with van der Waals surface area (Å²) in [6.07, 6.45) is 5.47. The van der Waals surface area contributed by atoms with Crippen molar-refractivity contribution in [3.63, 3.8) is 0 Å². The van der Waals surface area contributed by atoms with E-state index in [1.165, 1.54) is 0 Å². The summed E-state index contributed by atoms with van der Waals surface area (Å²) in [5.74, 6) is 0. The molecule has 4 nitrogen and oxygen atoms in total. The van der Waals surface area contributed by atoms with Crippen molar-refractivity contribution in [3.8, 4) is 11.1 Å². The van der Waals surface area contributed by atoms with Gasteiger partial charge in [-0.15, -0.1) is 0 Å². The Labute approximate surface area is 174 Å². The van der Waals surface area contributed by atoms with E-state index < -0.39 is 6.85 Å². The second-order valence-electron chi connectivity index (χ2n) is 7.58. The van der Waals surface area contributed by atoms with Crippen molar-refractivity contribution in [2.24, 2.45) is 7.05 Å². The third kappa shape index (κ3) is 2.77. The molecule has 0 bridgehead atoms. The Kier molecular flexibility index (Phi) is 3.34. The standard InChI is InChI=1S/C24H23BN3O/c1-16-14-27(3)22(13-20(16)18-9-6-5-7-10-18)25-17(2)23-19-11-8-12-26-24(19)29-21(23)15-28(25)4/h5-15H,1-4H3/q+1/i1D3. The Balaban J connectivity index is 1.78. The normalized spacial score (nSPS) is 15.6.